The molecule has 4 rings (SSSR count). The number of fused-ring (bicyclic) bond motifs is 1. The zero-order chi connectivity index (χ0) is 20.2. The van der Waals surface area contributed by atoms with Crippen molar-refractivity contribution in [2.75, 3.05) is 0 Å². The Hall–Kier alpha value is -3.31. The van der Waals surface area contributed by atoms with Crippen LogP contribution in [0, 0.1) is 0 Å². The van der Waals surface area contributed by atoms with Gasteiger partial charge in [-0.25, -0.2) is 10.4 Å². The highest BCUT2D eigenvalue weighted by Gasteiger charge is 2.13. The third-order valence-electron chi connectivity index (χ3n) is 4.76. The SMILES string of the molecule is CC(C)c1ccc(-c2cc(C(=O)N/N=C\c3ccsc3)c3ccccc3n2)cc1. The van der Waals surface area contributed by atoms with Crippen LogP contribution in [0.5, 0.6) is 0 Å². The number of nitrogens with one attached hydrogen (secondary N) is 1. The van der Waals surface area contributed by atoms with Gasteiger partial charge in [-0.15, -0.1) is 0 Å². The molecule has 0 radical (unpaired) electrons. The number of hydrogen-bond donors (Lipinski definition) is 1. The summed E-state index contributed by atoms with van der Waals surface area (Å²) in [7, 11) is 0. The third kappa shape index (κ3) is 4.25. The molecule has 0 aliphatic carbocycles. The second kappa shape index (κ2) is 8.37. The average molecular weight is 400 g/mol. The first kappa shape index (κ1) is 19.0. The average Bonchev–Trinajstić information content (AvgIpc) is 3.26. The topological polar surface area (TPSA) is 54.4 Å². The van der Waals surface area contributed by atoms with E-state index < -0.39 is 0 Å². The summed E-state index contributed by atoms with van der Waals surface area (Å²) >= 11 is 1.59. The van der Waals surface area contributed by atoms with Crippen LogP contribution < -0.4 is 5.43 Å². The lowest BCUT2D eigenvalue weighted by molar-refractivity contribution is 0.0956. The fourth-order valence-corrected chi connectivity index (χ4v) is 3.73. The van der Waals surface area contributed by atoms with Crippen LogP contribution >= 0.6 is 11.3 Å². The normalized spacial score (nSPS) is 11.4. The van der Waals surface area contributed by atoms with Gasteiger partial charge >= 0.3 is 0 Å². The number of carbonyl (C=O) groups is 1. The molecule has 2 heterocycles. The predicted octanol–water partition coefficient (Wildman–Crippen LogP) is 5.85. The van der Waals surface area contributed by atoms with E-state index in [1.807, 2.05) is 47.2 Å². The minimum absolute atomic E-state index is 0.255. The molecule has 5 heteroatoms. The molecule has 0 saturated heterocycles. The van der Waals surface area contributed by atoms with Gasteiger partial charge in [-0.05, 0) is 40.4 Å². The summed E-state index contributed by atoms with van der Waals surface area (Å²) in [6, 6.07) is 19.8. The van der Waals surface area contributed by atoms with Gasteiger partial charge < -0.3 is 0 Å². The van der Waals surface area contributed by atoms with E-state index in [-0.39, 0.29) is 5.91 Å². The van der Waals surface area contributed by atoms with Crippen molar-refractivity contribution in [3.05, 3.63) is 88.1 Å². The smallest absolute Gasteiger partial charge is 0.267 e. The molecule has 0 atom stereocenters. The van der Waals surface area contributed by atoms with E-state index in [9.17, 15) is 4.79 Å². The number of rotatable bonds is 5. The van der Waals surface area contributed by atoms with E-state index in [2.05, 4.69) is 48.6 Å². The molecule has 0 saturated carbocycles. The maximum absolute atomic E-state index is 12.9. The van der Waals surface area contributed by atoms with Crippen LogP contribution in [0.4, 0.5) is 0 Å². The molecule has 4 aromatic rings. The molecule has 29 heavy (non-hydrogen) atoms. The lowest BCUT2D eigenvalue weighted by Crippen LogP contribution is -2.18. The van der Waals surface area contributed by atoms with Gasteiger partial charge in [0.2, 0.25) is 0 Å². The lowest BCUT2D eigenvalue weighted by atomic mass is 9.99. The molecule has 1 amide bonds. The van der Waals surface area contributed by atoms with Gasteiger partial charge in [-0.3, -0.25) is 4.79 Å². The molecule has 0 unspecified atom stereocenters. The van der Waals surface area contributed by atoms with Crippen LogP contribution in [0.3, 0.4) is 0 Å². The van der Waals surface area contributed by atoms with E-state index in [4.69, 9.17) is 4.98 Å². The van der Waals surface area contributed by atoms with E-state index in [0.717, 1.165) is 27.7 Å². The Morgan fingerprint density at radius 3 is 2.62 bits per heavy atom. The van der Waals surface area contributed by atoms with Crippen molar-refractivity contribution in [2.45, 2.75) is 19.8 Å². The molecule has 0 aliphatic heterocycles. The summed E-state index contributed by atoms with van der Waals surface area (Å²) in [5.41, 5.74) is 7.96. The van der Waals surface area contributed by atoms with Gasteiger partial charge in [0.05, 0.1) is 23.0 Å². The molecule has 0 spiro atoms. The van der Waals surface area contributed by atoms with Crippen LogP contribution in [0.15, 0.2) is 76.5 Å². The molecule has 4 nitrogen and oxygen atoms in total. The number of benzene rings is 2. The fourth-order valence-electron chi connectivity index (χ4n) is 3.12. The van der Waals surface area contributed by atoms with Gasteiger partial charge in [0.1, 0.15) is 0 Å². The fraction of sp³-hybridized carbons (Fsp3) is 0.125. The highest BCUT2D eigenvalue weighted by Crippen LogP contribution is 2.26. The zero-order valence-corrected chi connectivity index (χ0v) is 17.1. The zero-order valence-electron chi connectivity index (χ0n) is 16.3. The Labute approximate surface area is 173 Å². The third-order valence-corrected chi connectivity index (χ3v) is 5.46. The van der Waals surface area contributed by atoms with Gasteiger partial charge in [-0.1, -0.05) is 56.3 Å². The number of carbonyl (C=O) groups excluding carboxylic acids is 1. The minimum Gasteiger partial charge on any atom is -0.267 e. The Morgan fingerprint density at radius 2 is 1.90 bits per heavy atom. The number of hydrazone groups is 1. The van der Waals surface area contributed by atoms with Crippen molar-refractivity contribution in [2.24, 2.45) is 5.10 Å². The molecule has 0 aliphatic rings. The number of pyridine rings is 1. The monoisotopic (exact) mass is 399 g/mol. The van der Waals surface area contributed by atoms with Crippen molar-refractivity contribution in [1.82, 2.24) is 10.4 Å². The first-order valence-electron chi connectivity index (χ1n) is 9.47. The largest absolute Gasteiger partial charge is 0.272 e. The molecular weight excluding hydrogens is 378 g/mol. The molecule has 1 N–H and O–H groups in total. The molecular formula is C24H21N3OS. The van der Waals surface area contributed by atoms with Gasteiger partial charge in [0, 0.05) is 16.5 Å². The summed E-state index contributed by atoms with van der Waals surface area (Å²) < 4.78 is 0. The van der Waals surface area contributed by atoms with Crippen molar-refractivity contribution < 1.29 is 4.79 Å². The predicted molar refractivity (Wildman–Crippen MR) is 121 cm³/mol. The number of hydrogen-bond acceptors (Lipinski definition) is 4. The number of para-hydroxylation sites is 1. The summed E-state index contributed by atoms with van der Waals surface area (Å²) in [6.45, 7) is 4.34. The van der Waals surface area contributed by atoms with Crippen molar-refractivity contribution in [3.63, 3.8) is 0 Å². The van der Waals surface area contributed by atoms with E-state index >= 15 is 0 Å². The van der Waals surface area contributed by atoms with Crippen LogP contribution in [-0.2, 0) is 0 Å². The van der Waals surface area contributed by atoms with Crippen LogP contribution in [0.25, 0.3) is 22.2 Å². The first-order valence-corrected chi connectivity index (χ1v) is 10.4. The second-order valence-electron chi connectivity index (χ2n) is 7.10. The first-order chi connectivity index (χ1) is 14.1. The maximum Gasteiger partial charge on any atom is 0.272 e. The molecule has 0 bridgehead atoms. The highest BCUT2D eigenvalue weighted by molar-refractivity contribution is 7.08. The van der Waals surface area contributed by atoms with Crippen molar-refractivity contribution >= 4 is 34.4 Å². The molecule has 0 fully saturated rings. The van der Waals surface area contributed by atoms with Crippen LogP contribution in [0.2, 0.25) is 0 Å². The van der Waals surface area contributed by atoms with E-state index in [1.54, 1.807) is 17.6 Å². The Bertz CT molecular complexity index is 1160. The van der Waals surface area contributed by atoms with Crippen LogP contribution in [-0.4, -0.2) is 17.1 Å². The number of nitrogens with zero attached hydrogens (tertiary/aromatic N) is 2. The van der Waals surface area contributed by atoms with Crippen molar-refractivity contribution in [1.29, 1.82) is 0 Å². The van der Waals surface area contributed by atoms with E-state index in [1.165, 1.54) is 5.56 Å². The Kier molecular flexibility index (Phi) is 5.49. The molecule has 144 valence electrons. The Morgan fingerprint density at radius 1 is 1.10 bits per heavy atom. The molecule has 2 aromatic carbocycles. The lowest BCUT2D eigenvalue weighted by Gasteiger charge is -2.10. The summed E-state index contributed by atoms with van der Waals surface area (Å²) in [5.74, 6) is 0.214. The minimum atomic E-state index is -0.255. The number of aromatic nitrogens is 1. The van der Waals surface area contributed by atoms with Gasteiger partial charge in [0.15, 0.2) is 0 Å². The summed E-state index contributed by atoms with van der Waals surface area (Å²) in [6.07, 6.45) is 1.64. The van der Waals surface area contributed by atoms with Crippen LogP contribution in [0.1, 0.15) is 41.3 Å². The summed E-state index contributed by atoms with van der Waals surface area (Å²) in [4.78, 5) is 17.6. The second-order valence-corrected chi connectivity index (χ2v) is 7.88. The van der Waals surface area contributed by atoms with Crippen molar-refractivity contribution in [3.8, 4) is 11.3 Å². The van der Waals surface area contributed by atoms with Gasteiger partial charge in [-0.2, -0.15) is 16.4 Å². The van der Waals surface area contributed by atoms with E-state index in [0.29, 0.717) is 11.5 Å². The molecule has 2 aromatic heterocycles. The van der Waals surface area contributed by atoms with Gasteiger partial charge in [0.25, 0.3) is 5.91 Å². The number of amides is 1. The summed E-state index contributed by atoms with van der Waals surface area (Å²) in [5, 5.41) is 8.83. The number of thiophene rings is 1. The Balaban J connectivity index is 1.69. The standard InChI is InChI=1S/C24H21N3OS/c1-16(2)18-7-9-19(10-8-18)23-13-21(20-5-3-4-6-22(20)26-23)24(28)27-25-14-17-11-12-29-15-17/h3-16H,1-2H3,(H,27,28)/b25-14-. The highest BCUT2D eigenvalue weighted by atomic mass is 32.1. The quantitative estimate of drug-likeness (QED) is 0.338. The maximum atomic E-state index is 12.9.